The van der Waals surface area contributed by atoms with Gasteiger partial charge in [0.2, 0.25) is 0 Å². The van der Waals surface area contributed by atoms with Crippen LogP contribution in [0.15, 0.2) is 18.5 Å². The van der Waals surface area contributed by atoms with Gasteiger partial charge in [0.25, 0.3) is 0 Å². The Bertz CT molecular complexity index is 266. The van der Waals surface area contributed by atoms with Crippen LogP contribution in [-0.4, -0.2) is 4.98 Å². The van der Waals surface area contributed by atoms with Gasteiger partial charge in [0.15, 0.2) is 0 Å². The standard InChI is InChI=1S/C10H14N2/c11-6-9-7-12-5-4-10(9)8-2-1-3-8/h4-5,7-8H,1-3,6,11H2. The highest BCUT2D eigenvalue weighted by Gasteiger charge is 2.21. The molecule has 0 radical (unpaired) electrons. The Labute approximate surface area is 72.8 Å². The van der Waals surface area contributed by atoms with Crippen molar-refractivity contribution in [3.05, 3.63) is 29.6 Å². The molecule has 64 valence electrons. The van der Waals surface area contributed by atoms with Crippen LogP contribution in [0.5, 0.6) is 0 Å². The average Bonchev–Trinajstić information content (AvgIpc) is 2.02. The first-order chi connectivity index (χ1) is 5.92. The molecule has 0 unspecified atom stereocenters. The van der Waals surface area contributed by atoms with E-state index in [1.807, 2.05) is 12.4 Å². The SMILES string of the molecule is NCc1cnccc1C1CCC1. The summed E-state index contributed by atoms with van der Waals surface area (Å²) in [4.78, 5) is 4.08. The Balaban J connectivity index is 2.27. The number of nitrogens with two attached hydrogens (primary N) is 1. The maximum absolute atomic E-state index is 5.63. The lowest BCUT2D eigenvalue weighted by Crippen LogP contribution is -2.13. The summed E-state index contributed by atoms with van der Waals surface area (Å²) in [5.74, 6) is 0.770. The molecule has 1 aliphatic carbocycles. The Hall–Kier alpha value is -0.890. The van der Waals surface area contributed by atoms with Crippen molar-refractivity contribution in [1.29, 1.82) is 0 Å². The van der Waals surface area contributed by atoms with Crippen molar-refractivity contribution in [3.63, 3.8) is 0 Å². The normalized spacial score (nSPS) is 17.4. The smallest absolute Gasteiger partial charge is 0.0315 e. The molecule has 1 heterocycles. The van der Waals surface area contributed by atoms with Crippen LogP contribution in [0.1, 0.15) is 36.3 Å². The molecule has 0 saturated heterocycles. The maximum Gasteiger partial charge on any atom is 0.0315 e. The second kappa shape index (κ2) is 3.23. The van der Waals surface area contributed by atoms with E-state index >= 15 is 0 Å². The van der Waals surface area contributed by atoms with Gasteiger partial charge in [0, 0.05) is 18.9 Å². The van der Waals surface area contributed by atoms with Crippen LogP contribution < -0.4 is 5.73 Å². The van der Waals surface area contributed by atoms with E-state index in [1.54, 1.807) is 0 Å². The zero-order valence-corrected chi connectivity index (χ0v) is 7.16. The fourth-order valence-electron chi connectivity index (χ4n) is 1.73. The van der Waals surface area contributed by atoms with Gasteiger partial charge in [-0.05, 0) is 36.0 Å². The van der Waals surface area contributed by atoms with Crippen molar-refractivity contribution < 1.29 is 0 Å². The second-order valence-corrected chi connectivity index (χ2v) is 3.41. The van der Waals surface area contributed by atoms with Crippen LogP contribution in [0.3, 0.4) is 0 Å². The van der Waals surface area contributed by atoms with Crippen LogP contribution in [0.25, 0.3) is 0 Å². The summed E-state index contributed by atoms with van der Waals surface area (Å²) in [6.45, 7) is 0.625. The van der Waals surface area contributed by atoms with Crippen LogP contribution in [0, 0.1) is 0 Å². The maximum atomic E-state index is 5.63. The number of aromatic nitrogens is 1. The summed E-state index contributed by atoms with van der Waals surface area (Å²) in [6, 6.07) is 2.12. The van der Waals surface area contributed by atoms with Gasteiger partial charge in [-0.25, -0.2) is 0 Å². The predicted octanol–water partition coefficient (Wildman–Crippen LogP) is 1.81. The topological polar surface area (TPSA) is 38.9 Å². The van der Waals surface area contributed by atoms with Crippen molar-refractivity contribution in [2.24, 2.45) is 5.73 Å². The quantitative estimate of drug-likeness (QED) is 0.720. The van der Waals surface area contributed by atoms with Crippen LogP contribution in [-0.2, 0) is 6.54 Å². The molecule has 1 aromatic rings. The summed E-state index contributed by atoms with van der Waals surface area (Å²) in [6.07, 6.45) is 7.80. The number of rotatable bonds is 2. The zero-order valence-electron chi connectivity index (χ0n) is 7.16. The van der Waals surface area contributed by atoms with Gasteiger partial charge in [0.05, 0.1) is 0 Å². The molecule has 2 N–H and O–H groups in total. The molecule has 1 aromatic heterocycles. The summed E-state index contributed by atoms with van der Waals surface area (Å²) >= 11 is 0. The number of nitrogens with zero attached hydrogens (tertiary/aromatic N) is 1. The fourth-order valence-corrected chi connectivity index (χ4v) is 1.73. The van der Waals surface area contributed by atoms with Crippen molar-refractivity contribution in [3.8, 4) is 0 Å². The Kier molecular flexibility index (Phi) is 2.09. The molecule has 1 saturated carbocycles. The van der Waals surface area contributed by atoms with E-state index in [0.717, 1.165) is 5.92 Å². The summed E-state index contributed by atoms with van der Waals surface area (Å²) < 4.78 is 0. The van der Waals surface area contributed by atoms with Gasteiger partial charge in [-0.1, -0.05) is 6.42 Å². The van der Waals surface area contributed by atoms with Gasteiger partial charge in [-0.2, -0.15) is 0 Å². The van der Waals surface area contributed by atoms with Gasteiger partial charge in [-0.3, -0.25) is 4.98 Å². The minimum Gasteiger partial charge on any atom is -0.326 e. The predicted molar refractivity (Wildman–Crippen MR) is 48.7 cm³/mol. The number of pyridine rings is 1. The molecule has 2 rings (SSSR count). The van der Waals surface area contributed by atoms with E-state index in [0.29, 0.717) is 6.54 Å². The minimum atomic E-state index is 0.625. The summed E-state index contributed by atoms with van der Waals surface area (Å²) in [5.41, 5.74) is 8.28. The van der Waals surface area contributed by atoms with E-state index < -0.39 is 0 Å². The molecule has 0 aromatic carbocycles. The number of hydrogen-bond acceptors (Lipinski definition) is 2. The molecule has 12 heavy (non-hydrogen) atoms. The molecule has 0 spiro atoms. The lowest BCUT2D eigenvalue weighted by molar-refractivity contribution is 0.417. The van der Waals surface area contributed by atoms with Crippen molar-refractivity contribution in [1.82, 2.24) is 4.98 Å². The monoisotopic (exact) mass is 162 g/mol. The number of hydrogen-bond donors (Lipinski definition) is 1. The molecular formula is C10H14N2. The van der Waals surface area contributed by atoms with E-state index in [4.69, 9.17) is 5.73 Å². The third-order valence-corrected chi connectivity index (χ3v) is 2.71. The average molecular weight is 162 g/mol. The highest BCUT2D eigenvalue weighted by atomic mass is 14.6. The van der Waals surface area contributed by atoms with Crippen LogP contribution in [0.4, 0.5) is 0 Å². The molecule has 0 amide bonds. The molecule has 1 aliphatic rings. The first-order valence-electron chi connectivity index (χ1n) is 4.54. The first-order valence-corrected chi connectivity index (χ1v) is 4.54. The minimum absolute atomic E-state index is 0.625. The zero-order chi connectivity index (χ0) is 8.39. The Morgan fingerprint density at radius 2 is 2.33 bits per heavy atom. The van der Waals surface area contributed by atoms with E-state index in [1.165, 1.54) is 30.4 Å². The second-order valence-electron chi connectivity index (χ2n) is 3.41. The summed E-state index contributed by atoms with van der Waals surface area (Å²) in [7, 11) is 0. The molecule has 0 atom stereocenters. The molecule has 2 nitrogen and oxygen atoms in total. The highest BCUT2D eigenvalue weighted by molar-refractivity contribution is 5.28. The Morgan fingerprint density at radius 3 is 2.92 bits per heavy atom. The van der Waals surface area contributed by atoms with Gasteiger partial charge >= 0.3 is 0 Å². The molecule has 2 heteroatoms. The highest BCUT2D eigenvalue weighted by Crippen LogP contribution is 2.37. The third-order valence-electron chi connectivity index (χ3n) is 2.71. The van der Waals surface area contributed by atoms with E-state index in [9.17, 15) is 0 Å². The van der Waals surface area contributed by atoms with Crippen LogP contribution >= 0.6 is 0 Å². The lowest BCUT2D eigenvalue weighted by atomic mass is 9.79. The van der Waals surface area contributed by atoms with Crippen molar-refractivity contribution >= 4 is 0 Å². The van der Waals surface area contributed by atoms with Crippen molar-refractivity contribution in [2.45, 2.75) is 31.7 Å². The van der Waals surface area contributed by atoms with E-state index in [2.05, 4.69) is 11.1 Å². The van der Waals surface area contributed by atoms with E-state index in [-0.39, 0.29) is 0 Å². The first kappa shape index (κ1) is 7.74. The van der Waals surface area contributed by atoms with Crippen LogP contribution in [0.2, 0.25) is 0 Å². The molecule has 0 bridgehead atoms. The third kappa shape index (κ3) is 1.23. The van der Waals surface area contributed by atoms with Gasteiger partial charge in [0.1, 0.15) is 0 Å². The van der Waals surface area contributed by atoms with Gasteiger partial charge < -0.3 is 5.73 Å². The molecule has 0 aliphatic heterocycles. The molecule has 1 fully saturated rings. The lowest BCUT2D eigenvalue weighted by Gasteiger charge is -2.27. The fraction of sp³-hybridized carbons (Fsp3) is 0.500. The largest absolute Gasteiger partial charge is 0.326 e. The van der Waals surface area contributed by atoms with Gasteiger partial charge in [-0.15, -0.1) is 0 Å². The Morgan fingerprint density at radius 1 is 1.50 bits per heavy atom. The van der Waals surface area contributed by atoms with Crippen molar-refractivity contribution in [2.75, 3.05) is 0 Å². The summed E-state index contributed by atoms with van der Waals surface area (Å²) in [5, 5.41) is 0. The molecular weight excluding hydrogens is 148 g/mol.